The zero-order valence-corrected chi connectivity index (χ0v) is 9.41. The molecule has 1 saturated heterocycles. The van der Waals surface area contributed by atoms with Crippen molar-refractivity contribution in [2.24, 2.45) is 0 Å². The van der Waals surface area contributed by atoms with Crippen LogP contribution in [0.2, 0.25) is 0 Å². The second-order valence-electron chi connectivity index (χ2n) is 4.33. The Morgan fingerprint density at radius 3 is 3.12 bits per heavy atom. The molecule has 0 aliphatic carbocycles. The van der Waals surface area contributed by atoms with Crippen molar-refractivity contribution in [2.45, 2.75) is 12.5 Å². The smallest absolute Gasteiger partial charge is 0.147 e. The van der Waals surface area contributed by atoms with Crippen molar-refractivity contribution in [1.29, 1.82) is 0 Å². The summed E-state index contributed by atoms with van der Waals surface area (Å²) in [6.45, 7) is 1.87. The number of fused-ring (bicyclic) bond motifs is 1. The zero-order valence-electron chi connectivity index (χ0n) is 9.41. The molecule has 0 bridgehead atoms. The minimum Gasteiger partial charge on any atom is -0.378 e. The summed E-state index contributed by atoms with van der Waals surface area (Å²) in [5.41, 5.74) is 1.40. The third-order valence-corrected chi connectivity index (χ3v) is 3.14. The topological polar surface area (TPSA) is 37.0 Å². The van der Waals surface area contributed by atoms with Gasteiger partial charge >= 0.3 is 0 Å². The number of benzene rings is 1. The molecule has 0 spiro atoms. The van der Waals surface area contributed by atoms with Crippen molar-refractivity contribution in [1.82, 2.24) is 10.3 Å². The van der Waals surface area contributed by atoms with Crippen molar-refractivity contribution in [2.75, 3.05) is 18.4 Å². The number of nitrogens with zero attached hydrogens (tertiary/aromatic N) is 1. The first-order valence-corrected chi connectivity index (χ1v) is 5.85. The van der Waals surface area contributed by atoms with E-state index in [0.717, 1.165) is 30.4 Å². The van der Waals surface area contributed by atoms with Gasteiger partial charge in [-0.1, -0.05) is 0 Å². The first kappa shape index (κ1) is 10.5. The number of nitrogens with one attached hydrogen (secondary N) is 2. The summed E-state index contributed by atoms with van der Waals surface area (Å²) >= 11 is 0. The van der Waals surface area contributed by atoms with Gasteiger partial charge in [0.05, 0.1) is 11.2 Å². The van der Waals surface area contributed by atoms with E-state index in [4.69, 9.17) is 0 Å². The lowest BCUT2D eigenvalue weighted by atomic mass is 10.1. The van der Waals surface area contributed by atoms with Crippen molar-refractivity contribution >= 4 is 16.6 Å². The van der Waals surface area contributed by atoms with Crippen LogP contribution < -0.4 is 10.6 Å². The maximum atomic E-state index is 13.9. The number of rotatable bonds is 2. The van der Waals surface area contributed by atoms with E-state index in [1.165, 1.54) is 6.07 Å². The fourth-order valence-electron chi connectivity index (χ4n) is 2.25. The van der Waals surface area contributed by atoms with Gasteiger partial charge in [-0.2, -0.15) is 0 Å². The van der Waals surface area contributed by atoms with Crippen molar-refractivity contribution < 1.29 is 4.39 Å². The summed E-state index contributed by atoms with van der Waals surface area (Å²) in [6.07, 6.45) is 2.75. The van der Waals surface area contributed by atoms with Gasteiger partial charge in [0.1, 0.15) is 5.82 Å². The molecule has 4 heteroatoms. The lowest BCUT2D eigenvalue weighted by Crippen LogP contribution is -2.22. The third-order valence-electron chi connectivity index (χ3n) is 3.14. The summed E-state index contributed by atoms with van der Waals surface area (Å²) in [4.78, 5) is 4.24. The van der Waals surface area contributed by atoms with Crippen LogP contribution in [0.1, 0.15) is 6.42 Å². The van der Waals surface area contributed by atoms with Gasteiger partial charge < -0.3 is 10.6 Å². The first-order valence-electron chi connectivity index (χ1n) is 5.85. The standard InChI is InChI=1S/C13H14FN3/c14-11-3-4-12-10(2-1-6-16-12)13(11)17-9-5-7-15-8-9/h1-4,6,9,15,17H,5,7-8H2/t9-/m1/s1. The average molecular weight is 231 g/mol. The third kappa shape index (κ3) is 1.96. The molecule has 3 rings (SSSR count). The van der Waals surface area contributed by atoms with E-state index in [1.54, 1.807) is 12.3 Å². The molecule has 2 heterocycles. The predicted octanol–water partition coefficient (Wildman–Crippen LogP) is 2.15. The Hall–Kier alpha value is -1.68. The van der Waals surface area contributed by atoms with Gasteiger partial charge in [-0.3, -0.25) is 4.98 Å². The lowest BCUT2D eigenvalue weighted by Gasteiger charge is -2.15. The average Bonchev–Trinajstić information content (AvgIpc) is 2.86. The van der Waals surface area contributed by atoms with Crippen LogP contribution in [0.15, 0.2) is 30.5 Å². The molecule has 1 aliphatic rings. The van der Waals surface area contributed by atoms with Gasteiger partial charge in [0, 0.05) is 24.2 Å². The molecule has 2 N–H and O–H groups in total. The van der Waals surface area contributed by atoms with E-state index in [0.29, 0.717) is 11.7 Å². The van der Waals surface area contributed by atoms with Gasteiger partial charge in [0.15, 0.2) is 0 Å². The van der Waals surface area contributed by atoms with Gasteiger partial charge in [-0.15, -0.1) is 0 Å². The summed E-state index contributed by atoms with van der Waals surface area (Å²) in [5, 5.41) is 7.38. The van der Waals surface area contributed by atoms with E-state index in [1.807, 2.05) is 12.1 Å². The van der Waals surface area contributed by atoms with Crippen LogP contribution in [0.25, 0.3) is 10.9 Å². The van der Waals surface area contributed by atoms with Gasteiger partial charge in [-0.05, 0) is 37.2 Å². The van der Waals surface area contributed by atoms with Crippen molar-refractivity contribution in [3.8, 4) is 0 Å². The van der Waals surface area contributed by atoms with Gasteiger partial charge in [-0.25, -0.2) is 4.39 Å². The van der Waals surface area contributed by atoms with E-state index in [2.05, 4.69) is 15.6 Å². The monoisotopic (exact) mass is 231 g/mol. The molecule has 1 aliphatic heterocycles. The SMILES string of the molecule is Fc1ccc2ncccc2c1N[C@@H]1CCNC1. The summed E-state index contributed by atoms with van der Waals surface area (Å²) in [5.74, 6) is -0.211. The number of hydrogen-bond acceptors (Lipinski definition) is 3. The molecule has 1 aromatic heterocycles. The maximum absolute atomic E-state index is 13.9. The Balaban J connectivity index is 2.03. The predicted molar refractivity (Wildman–Crippen MR) is 66.6 cm³/mol. The minimum atomic E-state index is -0.211. The van der Waals surface area contributed by atoms with E-state index < -0.39 is 0 Å². The largest absolute Gasteiger partial charge is 0.378 e. The molecule has 0 unspecified atom stereocenters. The van der Waals surface area contributed by atoms with E-state index >= 15 is 0 Å². The molecule has 88 valence electrons. The Morgan fingerprint density at radius 1 is 1.35 bits per heavy atom. The van der Waals surface area contributed by atoms with E-state index in [9.17, 15) is 4.39 Å². The molecule has 1 atom stereocenters. The summed E-state index contributed by atoms with van der Waals surface area (Å²) in [7, 11) is 0. The Morgan fingerprint density at radius 2 is 2.29 bits per heavy atom. The molecule has 1 aromatic carbocycles. The highest BCUT2D eigenvalue weighted by molar-refractivity contribution is 5.91. The quantitative estimate of drug-likeness (QED) is 0.831. The van der Waals surface area contributed by atoms with Crippen LogP contribution in [0, 0.1) is 5.82 Å². The fourth-order valence-corrected chi connectivity index (χ4v) is 2.25. The molecule has 17 heavy (non-hydrogen) atoms. The summed E-state index contributed by atoms with van der Waals surface area (Å²) < 4.78 is 13.9. The van der Waals surface area contributed by atoms with Crippen LogP contribution in [0.3, 0.4) is 0 Å². The van der Waals surface area contributed by atoms with Crippen LogP contribution >= 0.6 is 0 Å². The molecule has 0 radical (unpaired) electrons. The molecule has 2 aromatic rings. The molecule has 1 fully saturated rings. The van der Waals surface area contributed by atoms with E-state index in [-0.39, 0.29) is 5.82 Å². The minimum absolute atomic E-state index is 0.211. The molecule has 0 saturated carbocycles. The Kier molecular flexibility index (Phi) is 2.65. The zero-order chi connectivity index (χ0) is 11.7. The number of halogens is 1. The highest BCUT2D eigenvalue weighted by atomic mass is 19.1. The number of pyridine rings is 1. The first-order chi connectivity index (χ1) is 8.34. The molecule has 3 nitrogen and oxygen atoms in total. The highest BCUT2D eigenvalue weighted by Crippen LogP contribution is 2.26. The number of anilines is 1. The Labute approximate surface area is 99.1 Å². The van der Waals surface area contributed by atoms with Crippen LogP contribution in [-0.2, 0) is 0 Å². The molecular weight excluding hydrogens is 217 g/mol. The number of hydrogen-bond donors (Lipinski definition) is 2. The van der Waals surface area contributed by atoms with Crippen LogP contribution in [-0.4, -0.2) is 24.1 Å². The second kappa shape index (κ2) is 4.30. The van der Waals surface area contributed by atoms with Gasteiger partial charge in [0.2, 0.25) is 0 Å². The lowest BCUT2D eigenvalue weighted by molar-refractivity contribution is 0.628. The maximum Gasteiger partial charge on any atom is 0.147 e. The van der Waals surface area contributed by atoms with Gasteiger partial charge in [0.25, 0.3) is 0 Å². The van der Waals surface area contributed by atoms with Crippen molar-refractivity contribution in [3.05, 3.63) is 36.3 Å². The normalized spacial score (nSPS) is 19.7. The molecule has 0 amide bonds. The van der Waals surface area contributed by atoms with Crippen LogP contribution in [0.4, 0.5) is 10.1 Å². The Bertz CT molecular complexity index is 535. The number of aromatic nitrogens is 1. The van der Waals surface area contributed by atoms with Crippen molar-refractivity contribution in [3.63, 3.8) is 0 Å². The highest BCUT2D eigenvalue weighted by Gasteiger charge is 2.17. The fraction of sp³-hybridized carbons (Fsp3) is 0.308. The van der Waals surface area contributed by atoms with Crippen LogP contribution in [0.5, 0.6) is 0 Å². The molecular formula is C13H14FN3. The second-order valence-corrected chi connectivity index (χ2v) is 4.33. The summed E-state index contributed by atoms with van der Waals surface area (Å²) in [6, 6.07) is 7.22.